The molecule has 1 aliphatic heterocycles. The number of carbonyl (C=O) groups excluding carboxylic acids is 2. The number of rotatable bonds is 9. The van der Waals surface area contributed by atoms with Crippen LogP contribution in [0.1, 0.15) is 43.2 Å². The minimum Gasteiger partial charge on any atom is -0.477 e. The minimum absolute atomic E-state index is 0.00387. The molecule has 0 aromatic heterocycles. The average Bonchev–Trinajstić information content (AvgIpc) is 3.00. The highest BCUT2D eigenvalue weighted by molar-refractivity contribution is 7.89. The first kappa shape index (κ1) is 28.8. The van der Waals surface area contributed by atoms with Crippen LogP contribution in [0.3, 0.4) is 0 Å². The smallest absolute Gasteiger partial charge is 0.262 e. The third kappa shape index (κ3) is 6.80. The van der Waals surface area contributed by atoms with Crippen LogP contribution in [0.15, 0.2) is 83.8 Å². The second-order valence-corrected chi connectivity index (χ2v) is 12.7. The summed E-state index contributed by atoms with van der Waals surface area (Å²) in [6, 6.07) is 23.4. The summed E-state index contributed by atoms with van der Waals surface area (Å²) in [6.45, 7) is 2.03. The molecule has 0 radical (unpaired) electrons. The van der Waals surface area contributed by atoms with Crippen molar-refractivity contribution < 1.29 is 22.7 Å². The van der Waals surface area contributed by atoms with Crippen molar-refractivity contribution in [3.63, 3.8) is 0 Å². The largest absolute Gasteiger partial charge is 0.477 e. The van der Waals surface area contributed by atoms with Gasteiger partial charge in [-0.25, -0.2) is 8.42 Å². The van der Waals surface area contributed by atoms with Gasteiger partial charge in [-0.3, -0.25) is 9.59 Å². The van der Waals surface area contributed by atoms with E-state index in [1.807, 2.05) is 37.3 Å². The monoisotopic (exact) mass is 575 g/mol. The van der Waals surface area contributed by atoms with Gasteiger partial charge >= 0.3 is 0 Å². The molecule has 9 heteroatoms. The second-order valence-electron chi connectivity index (χ2n) is 10.8. The summed E-state index contributed by atoms with van der Waals surface area (Å²) in [7, 11) is -3.92. The zero-order valence-corrected chi connectivity index (χ0v) is 24.2. The lowest BCUT2D eigenvalue weighted by molar-refractivity contribution is -0.128. The van der Waals surface area contributed by atoms with Crippen LogP contribution >= 0.6 is 0 Å². The molecular formula is C32H37N3O5S. The Balaban J connectivity index is 1.35. The lowest BCUT2D eigenvalue weighted by Crippen LogP contribution is -2.54. The summed E-state index contributed by atoms with van der Waals surface area (Å²) in [6.07, 6.45) is 4.08. The van der Waals surface area contributed by atoms with Crippen molar-refractivity contribution >= 4 is 27.5 Å². The minimum atomic E-state index is -3.92. The first-order valence-corrected chi connectivity index (χ1v) is 15.7. The maximum absolute atomic E-state index is 13.9. The van der Waals surface area contributed by atoms with Crippen LogP contribution in [0.5, 0.6) is 5.75 Å². The molecule has 1 atom stereocenters. The lowest BCUT2D eigenvalue weighted by atomic mass is 9.95. The predicted molar refractivity (Wildman–Crippen MR) is 158 cm³/mol. The molecule has 8 nitrogen and oxygen atoms in total. The highest BCUT2D eigenvalue weighted by Crippen LogP contribution is 2.34. The van der Waals surface area contributed by atoms with Gasteiger partial charge in [-0.05, 0) is 56.0 Å². The molecule has 41 heavy (non-hydrogen) atoms. The topological polar surface area (TPSA) is 96.0 Å². The van der Waals surface area contributed by atoms with Crippen LogP contribution in [0.25, 0.3) is 0 Å². The maximum atomic E-state index is 13.9. The number of para-hydroxylation sites is 2. The molecule has 1 N–H and O–H groups in total. The molecule has 216 valence electrons. The maximum Gasteiger partial charge on any atom is 0.262 e. The van der Waals surface area contributed by atoms with Crippen molar-refractivity contribution in [3.05, 3.63) is 90.0 Å². The van der Waals surface area contributed by atoms with E-state index < -0.39 is 16.1 Å². The standard InChI is InChI=1S/C32H37N3O5S/c1-24-16-18-27(19-17-24)41(38,39)35(26-12-6-3-7-13-26)23-31(36)34-22-30(40-29-15-9-8-14-28(29)34)32(37)33-21-20-25-10-4-2-5-11-25/h2,4-5,8-11,14-19,26,30H,3,6-7,12-13,20-23H2,1H3,(H,33,37). The number of ether oxygens (including phenoxy) is 1. The molecule has 1 unspecified atom stereocenters. The molecule has 2 amide bonds. The summed E-state index contributed by atoms with van der Waals surface area (Å²) in [5, 5.41) is 2.93. The van der Waals surface area contributed by atoms with Gasteiger partial charge in [0, 0.05) is 12.6 Å². The molecule has 2 aliphatic rings. The fraction of sp³-hybridized carbons (Fsp3) is 0.375. The molecule has 0 spiro atoms. The zero-order chi connectivity index (χ0) is 28.8. The van der Waals surface area contributed by atoms with E-state index in [1.165, 1.54) is 9.21 Å². The zero-order valence-electron chi connectivity index (χ0n) is 23.4. The number of anilines is 1. The summed E-state index contributed by atoms with van der Waals surface area (Å²) in [5.41, 5.74) is 2.60. The highest BCUT2D eigenvalue weighted by atomic mass is 32.2. The van der Waals surface area contributed by atoms with Gasteiger partial charge in [0.05, 0.1) is 23.7 Å². The predicted octanol–water partition coefficient (Wildman–Crippen LogP) is 4.47. The van der Waals surface area contributed by atoms with E-state index in [-0.39, 0.29) is 35.8 Å². The number of aryl methyl sites for hydroxylation is 1. The van der Waals surface area contributed by atoms with Crippen molar-refractivity contribution in [1.29, 1.82) is 0 Å². The number of benzene rings is 3. The van der Waals surface area contributed by atoms with Crippen LogP contribution in [0.2, 0.25) is 0 Å². The van der Waals surface area contributed by atoms with E-state index in [9.17, 15) is 18.0 Å². The lowest BCUT2D eigenvalue weighted by Gasteiger charge is -2.37. The van der Waals surface area contributed by atoms with E-state index in [0.717, 1.165) is 30.4 Å². The number of nitrogens with zero attached hydrogens (tertiary/aromatic N) is 2. The van der Waals surface area contributed by atoms with E-state index in [2.05, 4.69) is 5.32 Å². The summed E-state index contributed by atoms with van der Waals surface area (Å²) in [4.78, 5) is 28.8. The highest BCUT2D eigenvalue weighted by Gasteiger charge is 2.38. The van der Waals surface area contributed by atoms with E-state index >= 15 is 0 Å². The van der Waals surface area contributed by atoms with E-state index in [4.69, 9.17) is 4.74 Å². The first-order valence-electron chi connectivity index (χ1n) is 14.3. The summed E-state index contributed by atoms with van der Waals surface area (Å²) < 4.78 is 35.2. The van der Waals surface area contributed by atoms with E-state index in [1.54, 1.807) is 48.5 Å². The molecule has 0 bridgehead atoms. The average molecular weight is 576 g/mol. The molecule has 1 aliphatic carbocycles. The first-order chi connectivity index (χ1) is 19.8. The number of amides is 2. The molecule has 3 aromatic carbocycles. The molecule has 0 saturated heterocycles. The number of fused-ring (bicyclic) bond motifs is 1. The third-order valence-electron chi connectivity index (χ3n) is 7.82. The molecule has 5 rings (SSSR count). The number of hydrogen-bond acceptors (Lipinski definition) is 5. The van der Waals surface area contributed by atoms with Crippen molar-refractivity contribution in [2.75, 3.05) is 24.5 Å². The Morgan fingerprint density at radius 3 is 2.34 bits per heavy atom. The normalized spacial score (nSPS) is 17.5. The van der Waals surface area contributed by atoms with Crippen LogP contribution in [0, 0.1) is 6.92 Å². The number of carbonyl (C=O) groups is 2. The van der Waals surface area contributed by atoms with Gasteiger partial charge in [-0.1, -0.05) is 79.4 Å². The Morgan fingerprint density at radius 2 is 1.61 bits per heavy atom. The van der Waals surface area contributed by atoms with Crippen LogP contribution < -0.4 is 15.0 Å². The Bertz CT molecular complexity index is 1450. The molecule has 1 heterocycles. The molecule has 3 aromatic rings. The molecule has 1 saturated carbocycles. The van der Waals surface area contributed by atoms with Gasteiger partial charge < -0.3 is 15.0 Å². The van der Waals surface area contributed by atoms with Crippen molar-refractivity contribution in [2.24, 2.45) is 0 Å². The Morgan fingerprint density at radius 1 is 0.927 bits per heavy atom. The number of hydrogen-bond donors (Lipinski definition) is 1. The SMILES string of the molecule is Cc1ccc(S(=O)(=O)N(CC(=O)N2CC(C(=O)NCCc3ccccc3)Oc3ccccc32)C2CCCCC2)cc1. The van der Waals surface area contributed by atoms with Crippen molar-refractivity contribution in [3.8, 4) is 5.75 Å². The fourth-order valence-electron chi connectivity index (χ4n) is 5.54. The quantitative estimate of drug-likeness (QED) is 0.406. The van der Waals surface area contributed by atoms with Crippen molar-refractivity contribution in [2.45, 2.75) is 62.5 Å². The van der Waals surface area contributed by atoms with Gasteiger partial charge in [-0.15, -0.1) is 0 Å². The number of sulfonamides is 1. The van der Waals surface area contributed by atoms with Gasteiger partial charge in [0.25, 0.3) is 5.91 Å². The Kier molecular flexibility index (Phi) is 9.05. The Hall–Kier alpha value is -3.69. The van der Waals surface area contributed by atoms with Crippen LogP contribution in [-0.2, 0) is 26.0 Å². The number of nitrogens with one attached hydrogen (secondary N) is 1. The molecular weight excluding hydrogens is 538 g/mol. The van der Waals surface area contributed by atoms with Gasteiger partial charge in [0.1, 0.15) is 5.75 Å². The third-order valence-corrected chi connectivity index (χ3v) is 9.74. The summed E-state index contributed by atoms with van der Waals surface area (Å²) >= 11 is 0. The van der Waals surface area contributed by atoms with Crippen LogP contribution in [0.4, 0.5) is 5.69 Å². The van der Waals surface area contributed by atoms with Crippen molar-refractivity contribution in [1.82, 2.24) is 9.62 Å². The van der Waals surface area contributed by atoms with E-state index in [0.29, 0.717) is 37.2 Å². The van der Waals surface area contributed by atoms with Gasteiger partial charge in [0.2, 0.25) is 15.9 Å². The Labute approximate surface area is 242 Å². The van der Waals surface area contributed by atoms with Crippen LogP contribution in [-0.4, -0.2) is 56.3 Å². The van der Waals surface area contributed by atoms with Gasteiger partial charge in [0.15, 0.2) is 6.10 Å². The molecule has 1 fully saturated rings. The van der Waals surface area contributed by atoms with Gasteiger partial charge in [-0.2, -0.15) is 4.31 Å². The summed E-state index contributed by atoms with van der Waals surface area (Å²) in [5.74, 6) is -0.283. The second kappa shape index (κ2) is 12.9. The fourth-order valence-corrected chi connectivity index (χ4v) is 7.17.